The van der Waals surface area contributed by atoms with Crippen LogP contribution in [0.15, 0.2) is 18.2 Å². The third kappa shape index (κ3) is 2.53. The van der Waals surface area contributed by atoms with Crippen LogP contribution in [-0.4, -0.2) is 51.7 Å². The minimum atomic E-state index is -0.861. The molecule has 2 unspecified atom stereocenters. The largest absolute Gasteiger partial charge is 0.508 e. The fraction of sp³-hybridized carbons (Fsp3) is 0.524. The van der Waals surface area contributed by atoms with Gasteiger partial charge in [0.05, 0.1) is 24.1 Å². The van der Waals surface area contributed by atoms with Crippen LogP contribution in [0.1, 0.15) is 36.9 Å². The van der Waals surface area contributed by atoms with Crippen molar-refractivity contribution in [2.45, 2.75) is 37.7 Å². The van der Waals surface area contributed by atoms with Crippen molar-refractivity contribution in [1.29, 1.82) is 0 Å². The normalized spacial score (nSPS) is 26.1. The number of phenols is 1. The number of benzene rings is 1. The minimum absolute atomic E-state index is 0.0221. The maximum Gasteiger partial charge on any atom is 0.307 e. The maximum absolute atomic E-state index is 12.8. The summed E-state index contributed by atoms with van der Waals surface area (Å²) in [5, 5.41) is 20.1. The summed E-state index contributed by atoms with van der Waals surface area (Å²) in [4.78, 5) is 29.3. The first-order valence-electron chi connectivity index (χ1n) is 9.98. The number of fused-ring (bicyclic) bond motifs is 4. The molecule has 1 aliphatic carbocycles. The molecule has 2 aliphatic heterocycles. The number of phenolic OH excluding ortho intramolecular Hbond substituents is 1. The molecule has 0 bridgehead atoms. The van der Waals surface area contributed by atoms with Crippen LogP contribution in [0.2, 0.25) is 0 Å². The first-order valence-corrected chi connectivity index (χ1v) is 9.98. The standard InChI is InChI=1S/C21H24N2O5/c24-12-1-4-17-16(11-12)13-5-10-28-21(18(13)22-17)6-8-23(9-7-21)19(25)14-2-3-15(14)20(26)27/h1,4,11,14-15,22,24H,2-3,5-10H2,(H,26,27). The zero-order chi connectivity index (χ0) is 19.5. The molecule has 148 valence electrons. The van der Waals surface area contributed by atoms with Gasteiger partial charge in [-0.25, -0.2) is 0 Å². The van der Waals surface area contributed by atoms with Crippen LogP contribution in [0, 0.1) is 11.8 Å². The molecule has 5 rings (SSSR count). The molecule has 2 atom stereocenters. The number of piperidine rings is 1. The topological polar surface area (TPSA) is 103 Å². The lowest BCUT2D eigenvalue weighted by atomic mass is 9.72. The summed E-state index contributed by atoms with van der Waals surface area (Å²) in [6.45, 7) is 1.76. The molecule has 1 spiro atoms. The highest BCUT2D eigenvalue weighted by atomic mass is 16.5. The number of carboxylic acids is 1. The van der Waals surface area contributed by atoms with Crippen LogP contribution >= 0.6 is 0 Å². The van der Waals surface area contributed by atoms with Crippen LogP contribution in [-0.2, 0) is 26.3 Å². The van der Waals surface area contributed by atoms with Crippen molar-refractivity contribution in [1.82, 2.24) is 9.88 Å². The number of aromatic hydroxyl groups is 1. The van der Waals surface area contributed by atoms with E-state index in [4.69, 9.17) is 4.74 Å². The molecule has 2 fully saturated rings. The van der Waals surface area contributed by atoms with E-state index < -0.39 is 17.5 Å². The Morgan fingerprint density at radius 1 is 1.18 bits per heavy atom. The molecule has 28 heavy (non-hydrogen) atoms. The number of aromatic nitrogens is 1. The maximum atomic E-state index is 12.8. The summed E-state index contributed by atoms with van der Waals surface area (Å²) in [7, 11) is 0. The lowest BCUT2D eigenvalue weighted by Gasteiger charge is -2.45. The number of aliphatic carboxylic acids is 1. The average Bonchev–Trinajstić information content (AvgIpc) is 3.00. The van der Waals surface area contributed by atoms with Crippen LogP contribution in [0.25, 0.3) is 10.9 Å². The molecular weight excluding hydrogens is 360 g/mol. The van der Waals surface area contributed by atoms with Gasteiger partial charge >= 0.3 is 5.97 Å². The number of carboxylic acid groups (broad SMARTS) is 1. The van der Waals surface area contributed by atoms with Gasteiger partial charge in [-0.15, -0.1) is 0 Å². The number of likely N-dealkylation sites (tertiary alicyclic amines) is 1. The zero-order valence-corrected chi connectivity index (χ0v) is 15.6. The van der Waals surface area contributed by atoms with Crippen molar-refractivity contribution in [2.75, 3.05) is 19.7 Å². The van der Waals surface area contributed by atoms with E-state index in [2.05, 4.69) is 4.98 Å². The van der Waals surface area contributed by atoms with Crippen molar-refractivity contribution in [3.8, 4) is 5.75 Å². The molecule has 1 saturated heterocycles. The predicted molar refractivity (Wildman–Crippen MR) is 101 cm³/mol. The summed E-state index contributed by atoms with van der Waals surface area (Å²) in [5.41, 5.74) is 2.82. The highest BCUT2D eigenvalue weighted by Crippen LogP contribution is 2.45. The monoisotopic (exact) mass is 384 g/mol. The number of hydrogen-bond acceptors (Lipinski definition) is 4. The fourth-order valence-electron chi connectivity index (χ4n) is 5.11. The molecule has 7 heteroatoms. The van der Waals surface area contributed by atoms with E-state index in [1.54, 1.807) is 12.1 Å². The van der Waals surface area contributed by atoms with E-state index >= 15 is 0 Å². The summed E-state index contributed by atoms with van der Waals surface area (Å²) in [6.07, 6.45) is 3.44. The number of hydrogen-bond donors (Lipinski definition) is 3. The fourth-order valence-corrected chi connectivity index (χ4v) is 5.11. The average molecular weight is 384 g/mol. The number of amides is 1. The highest BCUT2D eigenvalue weighted by molar-refractivity contribution is 5.87. The predicted octanol–water partition coefficient (Wildman–Crippen LogP) is 2.37. The Hall–Kier alpha value is -2.54. The molecule has 3 N–H and O–H groups in total. The quantitative estimate of drug-likeness (QED) is 0.738. The summed E-state index contributed by atoms with van der Waals surface area (Å²) in [5.74, 6) is -1.53. The number of rotatable bonds is 2. The van der Waals surface area contributed by atoms with Gasteiger partial charge in [0, 0.05) is 24.0 Å². The van der Waals surface area contributed by atoms with Gasteiger partial charge in [-0.1, -0.05) is 0 Å². The van der Waals surface area contributed by atoms with E-state index in [9.17, 15) is 19.8 Å². The van der Waals surface area contributed by atoms with Crippen molar-refractivity contribution < 1.29 is 24.5 Å². The third-order valence-electron chi connectivity index (χ3n) is 6.87. The second-order valence-corrected chi connectivity index (χ2v) is 8.26. The van der Waals surface area contributed by atoms with Crippen LogP contribution in [0.3, 0.4) is 0 Å². The number of H-pyrrole nitrogens is 1. The number of nitrogens with zero attached hydrogens (tertiary/aromatic N) is 1. The molecule has 1 amide bonds. The SMILES string of the molecule is O=C(O)C1CCC1C(=O)N1CCC2(CC1)OCCc1c2[nH]c2ccc(O)cc12. The van der Waals surface area contributed by atoms with E-state index in [1.165, 1.54) is 5.56 Å². The Labute approximate surface area is 162 Å². The van der Waals surface area contributed by atoms with Gasteiger partial charge in [-0.05, 0) is 55.9 Å². The van der Waals surface area contributed by atoms with E-state index in [1.807, 2.05) is 11.0 Å². The molecule has 1 aromatic heterocycles. The van der Waals surface area contributed by atoms with E-state index in [-0.39, 0.29) is 17.6 Å². The van der Waals surface area contributed by atoms with Gasteiger partial charge < -0.3 is 24.8 Å². The molecule has 1 saturated carbocycles. The summed E-state index contributed by atoms with van der Waals surface area (Å²) in [6, 6.07) is 5.36. The molecular formula is C21H24N2O5. The Morgan fingerprint density at radius 2 is 1.93 bits per heavy atom. The second-order valence-electron chi connectivity index (χ2n) is 8.26. The molecule has 0 radical (unpaired) electrons. The molecule has 3 aliphatic rings. The van der Waals surface area contributed by atoms with E-state index in [0.29, 0.717) is 45.4 Å². The highest BCUT2D eigenvalue weighted by Gasteiger charge is 2.47. The number of nitrogens with one attached hydrogen (secondary N) is 1. The van der Waals surface area contributed by atoms with Gasteiger partial charge in [-0.3, -0.25) is 9.59 Å². The lowest BCUT2D eigenvalue weighted by molar-refractivity contribution is -0.160. The second kappa shape index (κ2) is 6.24. The Bertz CT molecular complexity index is 957. The van der Waals surface area contributed by atoms with E-state index in [0.717, 1.165) is 23.0 Å². The number of carbonyl (C=O) groups excluding carboxylic acids is 1. The van der Waals surface area contributed by atoms with Gasteiger partial charge in [0.25, 0.3) is 0 Å². The molecule has 3 heterocycles. The van der Waals surface area contributed by atoms with Gasteiger partial charge in [0.1, 0.15) is 11.4 Å². The lowest BCUT2D eigenvalue weighted by Crippen LogP contribution is -2.52. The Balaban J connectivity index is 1.38. The van der Waals surface area contributed by atoms with Crippen molar-refractivity contribution in [3.05, 3.63) is 29.5 Å². The summed E-state index contributed by atoms with van der Waals surface area (Å²) >= 11 is 0. The van der Waals surface area contributed by atoms with Crippen LogP contribution < -0.4 is 0 Å². The molecule has 1 aromatic carbocycles. The van der Waals surface area contributed by atoms with Gasteiger partial charge in [0.2, 0.25) is 5.91 Å². The molecule has 7 nitrogen and oxygen atoms in total. The Morgan fingerprint density at radius 3 is 2.61 bits per heavy atom. The van der Waals surface area contributed by atoms with Crippen molar-refractivity contribution in [2.24, 2.45) is 11.8 Å². The first kappa shape index (κ1) is 17.6. The molecule has 2 aromatic rings. The van der Waals surface area contributed by atoms with Crippen LogP contribution in [0.4, 0.5) is 0 Å². The van der Waals surface area contributed by atoms with Crippen LogP contribution in [0.5, 0.6) is 5.75 Å². The number of aromatic amines is 1. The Kier molecular flexibility index (Phi) is 3.91. The minimum Gasteiger partial charge on any atom is -0.508 e. The summed E-state index contributed by atoms with van der Waals surface area (Å²) < 4.78 is 6.26. The number of carbonyl (C=O) groups is 2. The smallest absolute Gasteiger partial charge is 0.307 e. The number of ether oxygens (including phenoxy) is 1. The first-order chi connectivity index (χ1) is 13.5. The zero-order valence-electron chi connectivity index (χ0n) is 15.6. The van der Waals surface area contributed by atoms with Crippen molar-refractivity contribution >= 4 is 22.8 Å². The van der Waals surface area contributed by atoms with Gasteiger partial charge in [-0.2, -0.15) is 0 Å². The van der Waals surface area contributed by atoms with Crippen molar-refractivity contribution in [3.63, 3.8) is 0 Å². The van der Waals surface area contributed by atoms with Gasteiger partial charge in [0.15, 0.2) is 0 Å². The third-order valence-corrected chi connectivity index (χ3v) is 6.87.